The quantitative estimate of drug-likeness (QED) is 0.597. The van der Waals surface area contributed by atoms with E-state index < -0.39 is 0 Å². The molecule has 1 aliphatic rings. The van der Waals surface area contributed by atoms with Gasteiger partial charge in [-0.15, -0.1) is 0 Å². The van der Waals surface area contributed by atoms with Gasteiger partial charge in [-0.05, 0) is 18.6 Å². The molecule has 2 nitrogen and oxygen atoms in total. The van der Waals surface area contributed by atoms with Crippen LogP contribution >= 0.6 is 0 Å². The van der Waals surface area contributed by atoms with Gasteiger partial charge < -0.3 is 4.57 Å². The Kier molecular flexibility index (Phi) is 1.29. The van der Waals surface area contributed by atoms with Crippen LogP contribution in [0.25, 0.3) is 11.0 Å². The lowest BCUT2D eigenvalue weighted by molar-refractivity contribution is 0.710. The summed E-state index contributed by atoms with van der Waals surface area (Å²) in [5, 5.41) is 0. The number of aromatic nitrogens is 2. The minimum Gasteiger partial charge on any atom is -0.328 e. The van der Waals surface area contributed by atoms with Crippen LogP contribution in [0.4, 0.5) is 0 Å². The van der Waals surface area contributed by atoms with Crippen molar-refractivity contribution in [2.75, 3.05) is 0 Å². The predicted molar refractivity (Wildman–Crippen MR) is 52.8 cm³/mol. The summed E-state index contributed by atoms with van der Waals surface area (Å²) >= 11 is 0. The summed E-state index contributed by atoms with van der Waals surface area (Å²) in [5.41, 5.74) is 2.44. The Morgan fingerprint density at radius 1 is 1.38 bits per heavy atom. The monoisotopic (exact) mass is 172 g/mol. The van der Waals surface area contributed by atoms with Crippen LogP contribution in [-0.4, -0.2) is 9.55 Å². The van der Waals surface area contributed by atoms with Crippen molar-refractivity contribution >= 4 is 11.0 Å². The standard InChI is InChI=1S/C11H12N2/c1-8-6-7-13-10-5-3-2-4-9(10)12-11(8)13/h2-5,8H,6-7H2,1H3. The molecule has 0 saturated carbocycles. The Hall–Kier alpha value is -1.31. The normalized spacial score (nSPS) is 20.8. The molecular formula is C11H12N2. The minimum absolute atomic E-state index is 0.632. The highest BCUT2D eigenvalue weighted by atomic mass is 15.1. The second kappa shape index (κ2) is 2.34. The van der Waals surface area contributed by atoms with E-state index in [0.29, 0.717) is 5.92 Å². The summed E-state index contributed by atoms with van der Waals surface area (Å²) in [4.78, 5) is 4.64. The average molecular weight is 172 g/mol. The molecule has 0 saturated heterocycles. The first-order valence-electron chi connectivity index (χ1n) is 4.81. The van der Waals surface area contributed by atoms with E-state index in [0.717, 1.165) is 12.1 Å². The molecule has 2 heterocycles. The number of rotatable bonds is 0. The maximum Gasteiger partial charge on any atom is 0.112 e. The van der Waals surface area contributed by atoms with E-state index in [2.05, 4.69) is 40.7 Å². The number of aryl methyl sites for hydroxylation is 1. The molecule has 2 heteroatoms. The van der Waals surface area contributed by atoms with Crippen molar-refractivity contribution in [2.45, 2.75) is 25.8 Å². The Morgan fingerprint density at radius 2 is 2.23 bits per heavy atom. The zero-order valence-corrected chi connectivity index (χ0v) is 7.70. The molecule has 0 aliphatic carbocycles. The third-order valence-corrected chi connectivity index (χ3v) is 2.91. The van der Waals surface area contributed by atoms with E-state index in [-0.39, 0.29) is 0 Å². The molecule has 66 valence electrons. The van der Waals surface area contributed by atoms with Gasteiger partial charge in [-0.2, -0.15) is 0 Å². The molecule has 2 aromatic rings. The van der Waals surface area contributed by atoms with E-state index in [1.54, 1.807) is 0 Å². The number of benzene rings is 1. The fourth-order valence-corrected chi connectivity index (χ4v) is 2.16. The predicted octanol–water partition coefficient (Wildman–Crippen LogP) is 2.54. The maximum absolute atomic E-state index is 4.64. The molecule has 0 spiro atoms. The van der Waals surface area contributed by atoms with Crippen LogP contribution in [0.3, 0.4) is 0 Å². The van der Waals surface area contributed by atoms with Gasteiger partial charge in [0.1, 0.15) is 5.82 Å². The zero-order chi connectivity index (χ0) is 8.84. The van der Waals surface area contributed by atoms with Gasteiger partial charge in [-0.3, -0.25) is 0 Å². The maximum atomic E-state index is 4.64. The highest BCUT2D eigenvalue weighted by Crippen LogP contribution is 2.30. The van der Waals surface area contributed by atoms with Crippen LogP contribution in [0.5, 0.6) is 0 Å². The van der Waals surface area contributed by atoms with Crippen molar-refractivity contribution in [3.63, 3.8) is 0 Å². The van der Waals surface area contributed by atoms with E-state index in [1.807, 2.05) is 0 Å². The van der Waals surface area contributed by atoms with Gasteiger partial charge >= 0.3 is 0 Å². The lowest BCUT2D eigenvalue weighted by Crippen LogP contribution is -1.91. The SMILES string of the molecule is CC1CCn2c1nc1ccccc12. The Bertz CT molecular complexity index is 456. The van der Waals surface area contributed by atoms with Crippen LogP contribution < -0.4 is 0 Å². The van der Waals surface area contributed by atoms with Gasteiger partial charge in [0.25, 0.3) is 0 Å². The minimum atomic E-state index is 0.632. The topological polar surface area (TPSA) is 17.8 Å². The number of hydrogen-bond donors (Lipinski definition) is 0. The zero-order valence-electron chi connectivity index (χ0n) is 7.70. The molecule has 13 heavy (non-hydrogen) atoms. The number of para-hydroxylation sites is 2. The summed E-state index contributed by atoms with van der Waals surface area (Å²) in [6.45, 7) is 3.39. The summed E-state index contributed by atoms with van der Waals surface area (Å²) in [6, 6.07) is 8.38. The van der Waals surface area contributed by atoms with Crippen LogP contribution in [-0.2, 0) is 6.54 Å². The third-order valence-electron chi connectivity index (χ3n) is 2.91. The van der Waals surface area contributed by atoms with Crippen LogP contribution in [0.1, 0.15) is 25.1 Å². The molecule has 1 atom stereocenters. The number of hydrogen-bond acceptors (Lipinski definition) is 1. The smallest absolute Gasteiger partial charge is 0.112 e. The van der Waals surface area contributed by atoms with Crippen molar-refractivity contribution in [1.29, 1.82) is 0 Å². The summed E-state index contributed by atoms with van der Waals surface area (Å²) < 4.78 is 2.35. The highest BCUT2D eigenvalue weighted by Gasteiger charge is 2.21. The Morgan fingerprint density at radius 3 is 3.15 bits per heavy atom. The van der Waals surface area contributed by atoms with Crippen molar-refractivity contribution in [3.8, 4) is 0 Å². The third kappa shape index (κ3) is 0.857. The summed E-state index contributed by atoms with van der Waals surface area (Å²) in [6.07, 6.45) is 1.24. The molecule has 1 aromatic heterocycles. The van der Waals surface area contributed by atoms with Crippen molar-refractivity contribution < 1.29 is 0 Å². The molecule has 1 unspecified atom stereocenters. The van der Waals surface area contributed by atoms with Gasteiger partial charge in [-0.25, -0.2) is 4.98 Å². The highest BCUT2D eigenvalue weighted by molar-refractivity contribution is 5.76. The molecule has 0 radical (unpaired) electrons. The lowest BCUT2D eigenvalue weighted by Gasteiger charge is -1.96. The Labute approximate surface area is 77.2 Å². The molecule has 1 aromatic carbocycles. The van der Waals surface area contributed by atoms with Gasteiger partial charge in [0.2, 0.25) is 0 Å². The molecule has 0 fully saturated rings. The first-order valence-corrected chi connectivity index (χ1v) is 4.81. The fourth-order valence-electron chi connectivity index (χ4n) is 2.16. The number of imidazole rings is 1. The van der Waals surface area contributed by atoms with E-state index >= 15 is 0 Å². The second-order valence-electron chi connectivity index (χ2n) is 3.80. The number of fused-ring (bicyclic) bond motifs is 3. The molecule has 1 aliphatic heterocycles. The van der Waals surface area contributed by atoms with Gasteiger partial charge in [0.05, 0.1) is 11.0 Å². The molecule has 0 bridgehead atoms. The molecule has 0 N–H and O–H groups in total. The first kappa shape index (κ1) is 7.13. The first-order chi connectivity index (χ1) is 6.36. The fraction of sp³-hybridized carbons (Fsp3) is 0.364. The summed E-state index contributed by atoms with van der Waals surface area (Å²) in [5.74, 6) is 1.90. The van der Waals surface area contributed by atoms with E-state index in [9.17, 15) is 0 Å². The van der Waals surface area contributed by atoms with Gasteiger partial charge in [0, 0.05) is 12.5 Å². The second-order valence-corrected chi connectivity index (χ2v) is 3.80. The largest absolute Gasteiger partial charge is 0.328 e. The average Bonchev–Trinajstić information content (AvgIpc) is 2.67. The summed E-state index contributed by atoms with van der Waals surface area (Å²) in [7, 11) is 0. The van der Waals surface area contributed by atoms with Crippen LogP contribution in [0.15, 0.2) is 24.3 Å². The molecular weight excluding hydrogens is 160 g/mol. The van der Waals surface area contributed by atoms with Crippen molar-refractivity contribution in [2.24, 2.45) is 0 Å². The number of nitrogens with zero attached hydrogens (tertiary/aromatic N) is 2. The van der Waals surface area contributed by atoms with Gasteiger partial charge in [0.15, 0.2) is 0 Å². The van der Waals surface area contributed by atoms with Crippen molar-refractivity contribution in [3.05, 3.63) is 30.1 Å². The van der Waals surface area contributed by atoms with Crippen molar-refractivity contribution in [1.82, 2.24) is 9.55 Å². The lowest BCUT2D eigenvalue weighted by atomic mass is 10.1. The molecule has 3 rings (SSSR count). The van der Waals surface area contributed by atoms with Crippen LogP contribution in [0, 0.1) is 0 Å². The van der Waals surface area contributed by atoms with Gasteiger partial charge in [-0.1, -0.05) is 19.1 Å². The van der Waals surface area contributed by atoms with Crippen LogP contribution in [0.2, 0.25) is 0 Å². The molecule has 0 amide bonds. The van der Waals surface area contributed by atoms with E-state index in [4.69, 9.17) is 0 Å². The Balaban J connectivity index is 2.38. The van der Waals surface area contributed by atoms with E-state index in [1.165, 1.54) is 17.8 Å².